The van der Waals surface area contributed by atoms with Gasteiger partial charge in [0, 0.05) is 12.3 Å². The van der Waals surface area contributed by atoms with Gasteiger partial charge in [-0.15, -0.1) is 0 Å². The van der Waals surface area contributed by atoms with Crippen molar-refractivity contribution >= 4 is 29.3 Å². The van der Waals surface area contributed by atoms with Gasteiger partial charge in [-0.05, 0) is 12.1 Å². The summed E-state index contributed by atoms with van der Waals surface area (Å²) in [5.74, 6) is 0.0704. The van der Waals surface area contributed by atoms with Crippen molar-refractivity contribution in [2.24, 2.45) is 0 Å². The van der Waals surface area contributed by atoms with Crippen molar-refractivity contribution in [2.45, 2.75) is 0 Å². The maximum absolute atomic E-state index is 13.7. The van der Waals surface area contributed by atoms with Crippen molar-refractivity contribution in [3.63, 3.8) is 0 Å². The smallest absolute Gasteiger partial charge is 0.265 e. The van der Waals surface area contributed by atoms with E-state index in [1.807, 2.05) is 0 Å². The number of pyridine rings is 1. The fourth-order valence-electron chi connectivity index (χ4n) is 1.86. The van der Waals surface area contributed by atoms with Crippen molar-refractivity contribution in [1.82, 2.24) is 9.56 Å². The molecule has 0 fully saturated rings. The van der Waals surface area contributed by atoms with E-state index < -0.39 is 0 Å². The van der Waals surface area contributed by atoms with E-state index >= 15 is 0 Å². The summed E-state index contributed by atoms with van der Waals surface area (Å²) in [5.41, 5.74) is 6.03. The van der Waals surface area contributed by atoms with E-state index in [2.05, 4.69) is 4.98 Å². The summed E-state index contributed by atoms with van der Waals surface area (Å²) < 4.78 is 15.4. The number of hydrogen-bond donors (Lipinski definition) is 1. The lowest BCUT2D eigenvalue weighted by Gasteiger charge is -2.07. The molecule has 1 aromatic carbocycles. The minimum absolute atomic E-state index is 0.340. The molecule has 2 heterocycles. The zero-order chi connectivity index (χ0) is 12.0. The molecule has 3 nitrogen and oxygen atoms in total. The zero-order valence-electron chi connectivity index (χ0n) is 8.69. The molecule has 84 valence electrons. The van der Waals surface area contributed by atoms with Gasteiger partial charge in [-0.2, -0.15) is 8.97 Å². The summed E-state index contributed by atoms with van der Waals surface area (Å²) in [5, 5.41) is 1.98. The van der Waals surface area contributed by atoms with Gasteiger partial charge in [-0.25, -0.2) is 4.98 Å². The number of nitrogen functional groups attached to an aromatic ring is 1. The minimum Gasteiger partial charge on any atom is -0.383 e. The van der Waals surface area contributed by atoms with Crippen molar-refractivity contribution in [1.29, 1.82) is 0 Å². The van der Waals surface area contributed by atoms with Gasteiger partial charge in [0.15, 0.2) is 17.2 Å². The summed E-state index contributed by atoms with van der Waals surface area (Å²) >= 11 is 5.99. The third-order valence-corrected chi connectivity index (χ3v) is 3.00. The van der Waals surface area contributed by atoms with Gasteiger partial charge in [0.25, 0.3) is 5.69 Å². The molecule has 0 bridgehead atoms. The quantitative estimate of drug-likeness (QED) is 0.766. The molecular formula is C12H8ClFN3+. The van der Waals surface area contributed by atoms with Gasteiger partial charge in [0.1, 0.15) is 10.8 Å². The Morgan fingerprint density at radius 2 is 2.12 bits per heavy atom. The Labute approximate surface area is 101 Å². The maximum atomic E-state index is 13.7. The number of nitrogens with zero attached hydrogens (tertiary/aromatic N) is 2. The van der Waals surface area contributed by atoms with E-state index in [1.165, 1.54) is 6.07 Å². The van der Waals surface area contributed by atoms with Crippen LogP contribution >= 0.6 is 11.6 Å². The molecule has 0 saturated carbocycles. The number of fused-ring (bicyclic) bond motifs is 1. The van der Waals surface area contributed by atoms with Crippen molar-refractivity contribution in [3.05, 3.63) is 51.9 Å². The second kappa shape index (κ2) is 3.53. The number of anilines is 1. The molecule has 2 aromatic rings. The SMILES string of the molecule is Nc1nccc2c1=C[N+]=2c1c(F)cccc1Cl. The van der Waals surface area contributed by atoms with Crippen LogP contribution in [-0.2, 0) is 0 Å². The average Bonchev–Trinajstić information content (AvgIpc) is 2.26. The van der Waals surface area contributed by atoms with Gasteiger partial charge in [-0.1, -0.05) is 17.7 Å². The molecule has 0 saturated heterocycles. The molecule has 0 atom stereocenters. The summed E-state index contributed by atoms with van der Waals surface area (Å²) in [4.78, 5) is 3.96. The molecule has 0 aliphatic carbocycles. The summed E-state index contributed by atoms with van der Waals surface area (Å²) in [7, 11) is 0. The lowest BCUT2D eigenvalue weighted by atomic mass is 10.2. The monoisotopic (exact) mass is 248 g/mol. The molecule has 0 amide bonds. The molecule has 3 rings (SSSR count). The lowest BCUT2D eigenvalue weighted by molar-refractivity contribution is 0.618. The van der Waals surface area contributed by atoms with Gasteiger partial charge in [0.05, 0.1) is 0 Å². The predicted molar refractivity (Wildman–Crippen MR) is 64.7 cm³/mol. The standard InChI is InChI=1S/C12H7ClFN3/c13-8-2-1-3-9(14)11(8)17-6-7-10(17)4-5-16-12(7)15/h1-6,15H/p+1. The minimum atomic E-state index is -0.366. The Kier molecular flexibility index (Phi) is 2.12. The predicted octanol–water partition coefficient (Wildman–Crippen LogP) is 1.03. The zero-order valence-corrected chi connectivity index (χ0v) is 9.45. The third kappa shape index (κ3) is 1.41. The van der Waals surface area contributed by atoms with E-state index in [0.29, 0.717) is 16.5 Å². The highest BCUT2D eigenvalue weighted by atomic mass is 35.5. The van der Waals surface area contributed by atoms with Crippen LogP contribution in [0.5, 0.6) is 0 Å². The highest BCUT2D eigenvalue weighted by molar-refractivity contribution is 6.33. The topological polar surface area (TPSA) is 41.9 Å². The van der Waals surface area contributed by atoms with Crippen LogP contribution in [0.1, 0.15) is 0 Å². The number of hydrogen-bond acceptors (Lipinski definition) is 2. The van der Waals surface area contributed by atoms with Crippen LogP contribution in [0.3, 0.4) is 0 Å². The molecule has 17 heavy (non-hydrogen) atoms. The van der Waals surface area contributed by atoms with Crippen LogP contribution in [0.2, 0.25) is 5.02 Å². The number of benzene rings is 1. The number of halogens is 2. The molecule has 5 heteroatoms. The largest absolute Gasteiger partial charge is 0.383 e. The van der Waals surface area contributed by atoms with Crippen LogP contribution in [0.4, 0.5) is 15.9 Å². The molecule has 1 aliphatic heterocycles. The fourth-order valence-corrected chi connectivity index (χ4v) is 2.11. The van der Waals surface area contributed by atoms with Crippen LogP contribution in [0.15, 0.2) is 30.5 Å². The highest BCUT2D eigenvalue weighted by Crippen LogP contribution is 2.26. The Bertz CT molecular complexity index is 720. The van der Waals surface area contributed by atoms with Crippen LogP contribution in [-0.4, -0.2) is 4.98 Å². The molecule has 0 spiro atoms. The molecule has 1 aliphatic rings. The number of aromatic nitrogens is 1. The first kappa shape index (κ1) is 10.2. The Morgan fingerprint density at radius 3 is 2.88 bits per heavy atom. The van der Waals surface area contributed by atoms with E-state index in [4.69, 9.17) is 17.3 Å². The highest BCUT2D eigenvalue weighted by Gasteiger charge is 2.25. The van der Waals surface area contributed by atoms with Crippen molar-refractivity contribution in [2.75, 3.05) is 5.73 Å². The second-order valence-electron chi connectivity index (χ2n) is 3.70. The lowest BCUT2D eigenvalue weighted by Crippen LogP contribution is -2.46. The summed E-state index contributed by atoms with van der Waals surface area (Å²) in [6.07, 6.45) is 3.31. The van der Waals surface area contributed by atoms with Crippen molar-refractivity contribution in [3.8, 4) is 0 Å². The summed E-state index contributed by atoms with van der Waals surface area (Å²) in [6.45, 7) is 0. The van der Waals surface area contributed by atoms with Crippen LogP contribution in [0.25, 0.3) is 6.20 Å². The van der Waals surface area contributed by atoms with Gasteiger partial charge < -0.3 is 5.73 Å². The van der Waals surface area contributed by atoms with Gasteiger partial charge in [-0.3, -0.25) is 0 Å². The van der Waals surface area contributed by atoms with E-state index in [0.717, 1.165) is 10.6 Å². The van der Waals surface area contributed by atoms with Gasteiger partial charge >= 0.3 is 0 Å². The second-order valence-corrected chi connectivity index (χ2v) is 4.11. The van der Waals surface area contributed by atoms with E-state index in [-0.39, 0.29) is 5.82 Å². The Hall–Kier alpha value is -1.94. The van der Waals surface area contributed by atoms with Crippen LogP contribution < -0.4 is 20.9 Å². The third-order valence-electron chi connectivity index (χ3n) is 2.69. The normalized spacial score (nSPS) is 12.7. The Balaban J connectivity index is 2.33. The first-order valence-electron chi connectivity index (χ1n) is 5.01. The average molecular weight is 249 g/mol. The maximum Gasteiger partial charge on any atom is 0.265 e. The number of rotatable bonds is 1. The van der Waals surface area contributed by atoms with Gasteiger partial charge in [0.2, 0.25) is 5.36 Å². The molecule has 0 radical (unpaired) electrons. The Morgan fingerprint density at radius 1 is 1.29 bits per heavy atom. The first-order chi connectivity index (χ1) is 8.18. The molecular weight excluding hydrogens is 241 g/mol. The first-order valence-corrected chi connectivity index (χ1v) is 5.39. The van der Waals surface area contributed by atoms with E-state index in [1.54, 1.807) is 35.2 Å². The number of nitrogens with two attached hydrogens (primary N) is 1. The van der Waals surface area contributed by atoms with Crippen LogP contribution in [0, 0.1) is 5.82 Å². The molecule has 0 unspecified atom stereocenters. The molecule has 1 aromatic heterocycles. The van der Waals surface area contributed by atoms with Crippen molar-refractivity contribution < 1.29 is 4.39 Å². The molecule has 2 N–H and O–H groups in total. The number of para-hydroxylation sites is 1. The summed E-state index contributed by atoms with van der Waals surface area (Å²) in [6, 6.07) is 6.37. The fraction of sp³-hybridized carbons (Fsp3) is 0. The van der Waals surface area contributed by atoms with E-state index in [9.17, 15) is 4.39 Å².